The lowest BCUT2D eigenvalue weighted by Gasteiger charge is -2.26. The molecule has 0 radical (unpaired) electrons. The first-order valence-corrected chi connectivity index (χ1v) is 9.41. The maximum atomic E-state index is 12.0. The van der Waals surface area contributed by atoms with Gasteiger partial charge in [-0.1, -0.05) is 32.9 Å². The predicted octanol–water partition coefficient (Wildman–Crippen LogP) is 3.63. The van der Waals surface area contributed by atoms with Gasteiger partial charge in [0.25, 0.3) is 0 Å². The van der Waals surface area contributed by atoms with Crippen LogP contribution in [-0.4, -0.2) is 42.4 Å². The summed E-state index contributed by atoms with van der Waals surface area (Å²) in [5, 5.41) is 13.4. The van der Waals surface area contributed by atoms with Crippen LogP contribution in [0, 0.1) is 5.92 Å². The summed E-state index contributed by atoms with van der Waals surface area (Å²) in [6, 6.07) is 1.84. The molecule has 1 aromatic heterocycles. The number of nitrogens with zero attached hydrogens (tertiary/aromatic N) is 2. The predicted molar refractivity (Wildman–Crippen MR) is 122 cm³/mol. The van der Waals surface area contributed by atoms with Crippen molar-refractivity contribution in [3.8, 4) is 0 Å². The first kappa shape index (κ1) is 26.5. The van der Waals surface area contributed by atoms with Gasteiger partial charge in [-0.05, 0) is 32.6 Å². The minimum absolute atomic E-state index is 0. The van der Waals surface area contributed by atoms with Crippen molar-refractivity contribution in [2.45, 2.75) is 72.6 Å². The smallest absolute Gasteiger partial charge is 0.407 e. The summed E-state index contributed by atoms with van der Waals surface area (Å²) in [6.45, 7) is 14.7. The maximum Gasteiger partial charge on any atom is 0.407 e. The molecule has 0 saturated heterocycles. The Hall–Kier alpha value is -1.52. The minimum Gasteiger partial charge on any atom is -0.444 e. The highest BCUT2D eigenvalue weighted by atomic mass is 127. The average molecular weight is 509 g/mol. The number of aliphatic imine (C=N–C) groups is 1. The van der Waals surface area contributed by atoms with Gasteiger partial charge in [-0.25, -0.2) is 4.79 Å². The molecule has 0 aromatic carbocycles. The number of ether oxygens (including phenoxy) is 1. The van der Waals surface area contributed by atoms with Crippen LogP contribution in [-0.2, 0) is 11.3 Å². The molecule has 0 bridgehead atoms. The first-order chi connectivity index (χ1) is 12.5. The van der Waals surface area contributed by atoms with Crippen molar-refractivity contribution in [2.75, 3.05) is 13.6 Å². The lowest BCUT2D eigenvalue weighted by Crippen LogP contribution is -2.50. The maximum absolute atomic E-state index is 12.0. The van der Waals surface area contributed by atoms with Gasteiger partial charge in [-0.15, -0.1) is 24.0 Å². The van der Waals surface area contributed by atoms with Crippen LogP contribution in [0.15, 0.2) is 15.6 Å². The number of hydrogen-bond donors (Lipinski definition) is 3. The molecule has 1 unspecified atom stereocenters. The number of nitrogens with one attached hydrogen (secondary N) is 3. The van der Waals surface area contributed by atoms with E-state index in [0.29, 0.717) is 25.0 Å². The van der Waals surface area contributed by atoms with E-state index < -0.39 is 11.7 Å². The third-order valence-corrected chi connectivity index (χ3v) is 3.82. The van der Waals surface area contributed by atoms with E-state index in [1.807, 2.05) is 40.7 Å². The largest absolute Gasteiger partial charge is 0.444 e. The van der Waals surface area contributed by atoms with Gasteiger partial charge in [0, 0.05) is 19.7 Å². The second-order valence-electron chi connectivity index (χ2n) is 8.18. The number of rotatable bonds is 7. The molecule has 1 atom stereocenters. The number of alkyl carbamates (subject to hydrolysis) is 1. The van der Waals surface area contributed by atoms with Crippen LogP contribution in [0.25, 0.3) is 0 Å². The number of halogens is 1. The van der Waals surface area contributed by atoms with Gasteiger partial charge in [0.2, 0.25) is 0 Å². The third kappa shape index (κ3) is 10.1. The highest BCUT2D eigenvalue weighted by Gasteiger charge is 2.21. The summed E-state index contributed by atoms with van der Waals surface area (Å²) in [4.78, 5) is 16.2. The Morgan fingerprint density at radius 1 is 1.25 bits per heavy atom. The Bertz CT molecular complexity index is 623. The molecular formula is C19H36IN5O3. The van der Waals surface area contributed by atoms with Crippen molar-refractivity contribution in [3.05, 3.63) is 17.5 Å². The summed E-state index contributed by atoms with van der Waals surface area (Å²) in [7, 11) is 1.70. The molecular weight excluding hydrogens is 473 g/mol. The molecule has 1 rings (SSSR count). The van der Waals surface area contributed by atoms with Gasteiger partial charge in [-0.2, -0.15) is 0 Å². The van der Waals surface area contributed by atoms with Crippen LogP contribution >= 0.6 is 24.0 Å². The number of amides is 1. The molecule has 162 valence electrons. The third-order valence-electron chi connectivity index (χ3n) is 3.82. The first-order valence-electron chi connectivity index (χ1n) is 9.41. The summed E-state index contributed by atoms with van der Waals surface area (Å²) in [6.07, 6.45) is -0.422. The van der Waals surface area contributed by atoms with E-state index in [4.69, 9.17) is 9.26 Å². The van der Waals surface area contributed by atoms with E-state index in [2.05, 4.69) is 39.9 Å². The molecule has 0 fully saturated rings. The van der Waals surface area contributed by atoms with Crippen molar-refractivity contribution >= 4 is 36.0 Å². The Labute approximate surface area is 185 Å². The fraction of sp³-hybridized carbons (Fsp3) is 0.737. The van der Waals surface area contributed by atoms with Crippen molar-refractivity contribution in [1.82, 2.24) is 21.1 Å². The van der Waals surface area contributed by atoms with Crippen molar-refractivity contribution < 1.29 is 14.1 Å². The van der Waals surface area contributed by atoms with Crippen molar-refractivity contribution in [2.24, 2.45) is 10.9 Å². The highest BCUT2D eigenvalue weighted by Crippen LogP contribution is 2.13. The minimum atomic E-state index is -0.525. The Balaban J connectivity index is 0.00000729. The van der Waals surface area contributed by atoms with Gasteiger partial charge < -0.3 is 25.2 Å². The van der Waals surface area contributed by atoms with E-state index in [1.165, 1.54) is 0 Å². The number of carbonyl (C=O) groups excluding carboxylic acids is 1. The van der Waals surface area contributed by atoms with Gasteiger partial charge in [-0.3, -0.25) is 4.99 Å². The van der Waals surface area contributed by atoms with Crippen LogP contribution in [0.3, 0.4) is 0 Å². The van der Waals surface area contributed by atoms with Crippen LogP contribution in [0.4, 0.5) is 4.79 Å². The zero-order valence-corrected chi connectivity index (χ0v) is 20.6. The molecule has 1 amide bonds. The molecule has 0 aliphatic heterocycles. The number of hydrogen-bond acceptors (Lipinski definition) is 5. The fourth-order valence-electron chi connectivity index (χ4n) is 2.19. The molecule has 0 saturated carbocycles. The zero-order valence-electron chi connectivity index (χ0n) is 18.3. The molecule has 3 N–H and O–H groups in total. The van der Waals surface area contributed by atoms with Crippen LogP contribution in [0.2, 0.25) is 0 Å². The number of aromatic nitrogens is 1. The average Bonchev–Trinajstić information content (AvgIpc) is 3.01. The van der Waals surface area contributed by atoms with Crippen molar-refractivity contribution in [1.29, 1.82) is 0 Å². The molecule has 0 aliphatic carbocycles. The number of guanidine groups is 1. The van der Waals surface area contributed by atoms with E-state index in [1.54, 1.807) is 7.05 Å². The van der Waals surface area contributed by atoms with Crippen molar-refractivity contribution in [3.63, 3.8) is 0 Å². The monoisotopic (exact) mass is 509 g/mol. The zero-order chi connectivity index (χ0) is 20.6. The quantitative estimate of drug-likeness (QED) is 0.295. The van der Waals surface area contributed by atoms with Gasteiger partial charge >= 0.3 is 6.09 Å². The summed E-state index contributed by atoms with van der Waals surface area (Å²) in [5.41, 5.74) is 0.402. The standard InChI is InChI=1S/C19H35N5O3.HI/c1-12(2)15-9-14(27-24-15)10-21-17(20-8)22-11-16(13(3)4)23-18(25)26-19(5,6)7;/h9,12-13,16H,10-11H2,1-8H3,(H,23,25)(H2,20,21,22);1H. The summed E-state index contributed by atoms with van der Waals surface area (Å²) in [5.74, 6) is 1.92. The van der Waals surface area contributed by atoms with Crippen LogP contribution in [0.1, 0.15) is 65.8 Å². The second-order valence-corrected chi connectivity index (χ2v) is 8.18. The molecule has 8 nitrogen and oxygen atoms in total. The van der Waals surface area contributed by atoms with E-state index in [0.717, 1.165) is 11.5 Å². The van der Waals surface area contributed by atoms with Crippen LogP contribution in [0.5, 0.6) is 0 Å². The van der Waals surface area contributed by atoms with Gasteiger partial charge in [0.15, 0.2) is 11.7 Å². The van der Waals surface area contributed by atoms with E-state index >= 15 is 0 Å². The van der Waals surface area contributed by atoms with E-state index in [9.17, 15) is 4.79 Å². The van der Waals surface area contributed by atoms with Gasteiger partial charge in [0.05, 0.1) is 18.3 Å². The topological polar surface area (TPSA) is 101 Å². The molecule has 1 heterocycles. The normalized spacial score (nSPS) is 13.1. The molecule has 28 heavy (non-hydrogen) atoms. The van der Waals surface area contributed by atoms with E-state index in [-0.39, 0.29) is 35.9 Å². The van der Waals surface area contributed by atoms with Crippen LogP contribution < -0.4 is 16.0 Å². The lowest BCUT2D eigenvalue weighted by atomic mass is 10.0. The number of carbonyl (C=O) groups is 1. The van der Waals surface area contributed by atoms with Gasteiger partial charge in [0.1, 0.15) is 5.60 Å². The lowest BCUT2D eigenvalue weighted by molar-refractivity contribution is 0.0491. The Kier molecular flexibility index (Phi) is 11.5. The molecule has 9 heteroatoms. The SMILES string of the molecule is CN=C(NCc1cc(C(C)C)no1)NCC(NC(=O)OC(C)(C)C)C(C)C.I. The Morgan fingerprint density at radius 2 is 1.89 bits per heavy atom. The highest BCUT2D eigenvalue weighted by molar-refractivity contribution is 14.0. The second kappa shape index (κ2) is 12.1. The molecule has 1 aromatic rings. The Morgan fingerprint density at radius 3 is 2.36 bits per heavy atom. The molecule has 0 aliphatic rings. The fourth-order valence-corrected chi connectivity index (χ4v) is 2.19. The molecule has 0 spiro atoms. The summed E-state index contributed by atoms with van der Waals surface area (Å²) >= 11 is 0. The summed E-state index contributed by atoms with van der Waals surface area (Å²) < 4.78 is 10.7.